The van der Waals surface area contributed by atoms with Gasteiger partial charge in [-0.1, -0.05) is 0 Å². The van der Waals surface area contributed by atoms with Crippen molar-refractivity contribution in [3.8, 4) is 0 Å². The molecule has 0 unspecified atom stereocenters. The van der Waals surface area contributed by atoms with E-state index in [-0.39, 0.29) is 12.0 Å². The Morgan fingerprint density at radius 3 is 2.86 bits per heavy atom. The number of ether oxygens (including phenoxy) is 1. The van der Waals surface area contributed by atoms with Gasteiger partial charge < -0.3 is 10.1 Å². The molecule has 0 radical (unpaired) electrons. The first-order valence-electron chi connectivity index (χ1n) is 7.42. The number of rotatable bonds is 4. The normalized spacial score (nSPS) is 18.1. The molecule has 1 aliphatic heterocycles. The first-order chi connectivity index (χ1) is 10.7. The molecule has 1 saturated heterocycles. The van der Waals surface area contributed by atoms with Crippen LogP contribution in [0.15, 0.2) is 24.7 Å². The van der Waals surface area contributed by atoms with E-state index in [0.717, 1.165) is 37.3 Å². The number of carbonyl (C=O) groups is 1. The van der Waals surface area contributed by atoms with Gasteiger partial charge in [0.2, 0.25) is 0 Å². The summed E-state index contributed by atoms with van der Waals surface area (Å²) >= 11 is 0. The van der Waals surface area contributed by atoms with Crippen LogP contribution in [0.4, 0.5) is 0 Å². The topological polar surface area (TPSA) is 81.9 Å². The minimum atomic E-state index is -0.208. The molecule has 3 heterocycles. The van der Waals surface area contributed by atoms with Crippen LogP contribution in [0.5, 0.6) is 0 Å². The highest BCUT2D eigenvalue weighted by Gasteiger charge is 2.18. The standard InChI is InChI=1S/C15H19N5O2/c1-20-6-5-12(19-20)15(21)18-10-11-8-16-14(17-9-11)13-4-2-3-7-22-13/h5-6,8-9,13H,2-4,7,10H2,1H3,(H,18,21)/t13-/m1/s1. The third kappa shape index (κ3) is 3.48. The summed E-state index contributed by atoms with van der Waals surface area (Å²) in [5.74, 6) is 0.514. The fourth-order valence-corrected chi connectivity index (χ4v) is 2.38. The van der Waals surface area contributed by atoms with Crippen LogP contribution in [-0.4, -0.2) is 32.3 Å². The summed E-state index contributed by atoms with van der Waals surface area (Å²) < 4.78 is 7.25. The Labute approximate surface area is 128 Å². The van der Waals surface area contributed by atoms with Gasteiger partial charge in [0, 0.05) is 44.4 Å². The summed E-state index contributed by atoms with van der Waals surface area (Å²) in [7, 11) is 1.77. The van der Waals surface area contributed by atoms with Crippen LogP contribution in [0.25, 0.3) is 0 Å². The highest BCUT2D eigenvalue weighted by molar-refractivity contribution is 5.92. The molecule has 7 heteroatoms. The van der Waals surface area contributed by atoms with Crippen molar-refractivity contribution in [2.45, 2.75) is 31.9 Å². The molecule has 2 aromatic rings. The SMILES string of the molecule is Cn1ccc(C(=O)NCc2cnc([C@H]3CCCCO3)nc2)n1. The molecule has 116 valence electrons. The number of hydrogen-bond donors (Lipinski definition) is 1. The average molecular weight is 301 g/mol. The molecular weight excluding hydrogens is 282 g/mol. The molecule has 3 rings (SSSR count). The molecule has 0 bridgehead atoms. The number of carbonyl (C=O) groups excluding carboxylic acids is 1. The van der Waals surface area contributed by atoms with Crippen molar-refractivity contribution < 1.29 is 9.53 Å². The maximum absolute atomic E-state index is 11.9. The third-order valence-electron chi connectivity index (χ3n) is 3.59. The molecular formula is C15H19N5O2. The van der Waals surface area contributed by atoms with Gasteiger partial charge in [0.1, 0.15) is 11.8 Å². The second-order valence-corrected chi connectivity index (χ2v) is 5.36. The fourth-order valence-electron chi connectivity index (χ4n) is 2.38. The van der Waals surface area contributed by atoms with Crippen LogP contribution in [-0.2, 0) is 18.3 Å². The van der Waals surface area contributed by atoms with E-state index in [0.29, 0.717) is 12.2 Å². The third-order valence-corrected chi connectivity index (χ3v) is 3.59. The predicted octanol–water partition coefficient (Wildman–Crippen LogP) is 1.38. The lowest BCUT2D eigenvalue weighted by Gasteiger charge is -2.21. The average Bonchev–Trinajstić information content (AvgIpc) is 3.00. The largest absolute Gasteiger partial charge is 0.370 e. The van der Waals surface area contributed by atoms with Crippen molar-refractivity contribution >= 4 is 5.91 Å². The number of nitrogens with zero attached hydrogens (tertiary/aromatic N) is 4. The summed E-state index contributed by atoms with van der Waals surface area (Å²) in [6.45, 7) is 1.15. The van der Waals surface area contributed by atoms with Gasteiger partial charge in [0.25, 0.3) is 5.91 Å². The van der Waals surface area contributed by atoms with Crippen LogP contribution >= 0.6 is 0 Å². The van der Waals surface area contributed by atoms with Crippen molar-refractivity contribution in [2.75, 3.05) is 6.61 Å². The van der Waals surface area contributed by atoms with E-state index < -0.39 is 0 Å². The lowest BCUT2D eigenvalue weighted by molar-refractivity contribution is 0.00940. The van der Waals surface area contributed by atoms with Crippen molar-refractivity contribution in [2.24, 2.45) is 7.05 Å². The van der Waals surface area contributed by atoms with E-state index in [1.54, 1.807) is 36.4 Å². The monoisotopic (exact) mass is 301 g/mol. The smallest absolute Gasteiger partial charge is 0.272 e. The van der Waals surface area contributed by atoms with Gasteiger partial charge in [0.05, 0.1) is 0 Å². The maximum atomic E-state index is 11.9. The Morgan fingerprint density at radius 1 is 1.41 bits per heavy atom. The Kier molecular flexibility index (Phi) is 4.43. The summed E-state index contributed by atoms with van der Waals surface area (Å²) in [6.07, 6.45) is 8.43. The highest BCUT2D eigenvalue weighted by atomic mass is 16.5. The lowest BCUT2D eigenvalue weighted by atomic mass is 10.1. The second-order valence-electron chi connectivity index (χ2n) is 5.36. The molecule has 0 aromatic carbocycles. The van der Waals surface area contributed by atoms with E-state index >= 15 is 0 Å². The summed E-state index contributed by atoms with van der Waals surface area (Å²) in [4.78, 5) is 20.6. The Bertz CT molecular complexity index is 632. The Morgan fingerprint density at radius 2 is 2.23 bits per heavy atom. The first-order valence-corrected chi connectivity index (χ1v) is 7.42. The second kappa shape index (κ2) is 6.65. The van der Waals surface area contributed by atoms with Crippen molar-refractivity contribution in [3.63, 3.8) is 0 Å². The van der Waals surface area contributed by atoms with E-state index in [1.807, 2.05) is 0 Å². The zero-order valence-corrected chi connectivity index (χ0v) is 12.5. The van der Waals surface area contributed by atoms with E-state index in [1.165, 1.54) is 0 Å². The van der Waals surface area contributed by atoms with Gasteiger partial charge in [-0.15, -0.1) is 0 Å². The molecule has 0 spiro atoms. The number of nitrogens with one attached hydrogen (secondary N) is 1. The number of amides is 1. The number of hydrogen-bond acceptors (Lipinski definition) is 5. The molecule has 1 N–H and O–H groups in total. The molecule has 1 atom stereocenters. The van der Waals surface area contributed by atoms with Gasteiger partial charge >= 0.3 is 0 Å². The van der Waals surface area contributed by atoms with Crippen molar-refractivity contribution in [1.29, 1.82) is 0 Å². The van der Waals surface area contributed by atoms with E-state index in [2.05, 4.69) is 20.4 Å². The molecule has 1 aliphatic rings. The Hall–Kier alpha value is -2.28. The van der Waals surface area contributed by atoms with E-state index in [9.17, 15) is 4.79 Å². The summed E-state index contributed by atoms with van der Waals surface area (Å²) in [5, 5.41) is 6.86. The lowest BCUT2D eigenvalue weighted by Crippen LogP contribution is -2.23. The number of aryl methyl sites for hydroxylation is 1. The van der Waals surface area contributed by atoms with Crippen molar-refractivity contribution in [1.82, 2.24) is 25.1 Å². The van der Waals surface area contributed by atoms with Gasteiger partial charge in [-0.25, -0.2) is 9.97 Å². The van der Waals surface area contributed by atoms with Crippen LogP contribution in [0.1, 0.15) is 47.2 Å². The minimum absolute atomic E-state index is 0.00547. The quantitative estimate of drug-likeness (QED) is 0.922. The minimum Gasteiger partial charge on any atom is -0.370 e. The first kappa shape index (κ1) is 14.6. The Balaban J connectivity index is 1.55. The molecule has 0 aliphatic carbocycles. The van der Waals surface area contributed by atoms with Gasteiger partial charge in [-0.2, -0.15) is 5.10 Å². The highest BCUT2D eigenvalue weighted by Crippen LogP contribution is 2.24. The van der Waals surface area contributed by atoms with Gasteiger partial charge in [-0.3, -0.25) is 9.48 Å². The van der Waals surface area contributed by atoms with E-state index in [4.69, 9.17) is 4.74 Å². The number of aromatic nitrogens is 4. The van der Waals surface area contributed by atoms with Gasteiger partial charge in [-0.05, 0) is 25.3 Å². The van der Waals surface area contributed by atoms with Gasteiger partial charge in [0.15, 0.2) is 5.82 Å². The summed E-state index contributed by atoms with van der Waals surface area (Å²) in [6, 6.07) is 1.68. The molecule has 7 nitrogen and oxygen atoms in total. The summed E-state index contributed by atoms with van der Waals surface area (Å²) in [5.41, 5.74) is 1.25. The molecule has 2 aromatic heterocycles. The maximum Gasteiger partial charge on any atom is 0.272 e. The van der Waals surface area contributed by atoms with Crippen molar-refractivity contribution in [3.05, 3.63) is 41.7 Å². The van der Waals surface area contributed by atoms with Crippen LogP contribution < -0.4 is 5.32 Å². The predicted molar refractivity (Wildman–Crippen MR) is 79.0 cm³/mol. The molecule has 1 amide bonds. The zero-order valence-electron chi connectivity index (χ0n) is 12.5. The zero-order chi connectivity index (χ0) is 15.4. The molecule has 0 saturated carbocycles. The molecule has 1 fully saturated rings. The van der Waals surface area contributed by atoms with Crippen LogP contribution in [0.3, 0.4) is 0 Å². The fraction of sp³-hybridized carbons (Fsp3) is 0.467. The van der Waals surface area contributed by atoms with Crippen LogP contribution in [0, 0.1) is 0 Å². The molecule has 22 heavy (non-hydrogen) atoms. The van der Waals surface area contributed by atoms with Crippen LogP contribution in [0.2, 0.25) is 0 Å².